The van der Waals surface area contributed by atoms with Crippen LogP contribution < -0.4 is 14.8 Å². The maximum atomic E-state index is 8.77. The summed E-state index contributed by atoms with van der Waals surface area (Å²) in [6.45, 7) is 2.99. The lowest BCUT2D eigenvalue weighted by Gasteiger charge is -2.13. The number of quaternary nitrogens is 1. The molecule has 0 spiro atoms. The fourth-order valence-electron chi connectivity index (χ4n) is 1.60. The molecule has 0 saturated carbocycles. The molecule has 0 bridgehead atoms. The van der Waals surface area contributed by atoms with Crippen LogP contribution in [0.2, 0.25) is 0 Å². The second-order valence-corrected chi connectivity index (χ2v) is 3.65. The van der Waals surface area contributed by atoms with Crippen LogP contribution in [0.1, 0.15) is 18.5 Å². The van der Waals surface area contributed by atoms with E-state index in [0.717, 1.165) is 17.1 Å². The summed E-state index contributed by atoms with van der Waals surface area (Å²) in [4.78, 5) is 0. The zero-order valence-electron chi connectivity index (χ0n) is 10.1. The molecule has 0 aliphatic rings. The van der Waals surface area contributed by atoms with E-state index in [-0.39, 0.29) is 6.61 Å². The third-order valence-corrected chi connectivity index (χ3v) is 2.58. The molecule has 0 aliphatic heterocycles. The molecular formula is C12H20NO3+. The van der Waals surface area contributed by atoms with Gasteiger partial charge in [-0.25, -0.2) is 0 Å². The number of nitrogens with two attached hydrogens (primary N) is 1. The van der Waals surface area contributed by atoms with E-state index in [9.17, 15) is 0 Å². The van der Waals surface area contributed by atoms with Gasteiger partial charge in [0.25, 0.3) is 0 Å². The van der Waals surface area contributed by atoms with Crippen molar-refractivity contribution in [2.75, 3.05) is 27.4 Å². The van der Waals surface area contributed by atoms with Gasteiger partial charge in [-0.2, -0.15) is 0 Å². The summed E-state index contributed by atoms with van der Waals surface area (Å²) in [6.07, 6.45) is 0. The van der Waals surface area contributed by atoms with Crippen LogP contribution in [0.3, 0.4) is 0 Å². The van der Waals surface area contributed by atoms with Gasteiger partial charge in [-0.1, -0.05) is 0 Å². The van der Waals surface area contributed by atoms with Crippen molar-refractivity contribution >= 4 is 0 Å². The monoisotopic (exact) mass is 226 g/mol. The highest BCUT2D eigenvalue weighted by Gasteiger charge is 2.11. The molecule has 0 fully saturated rings. The summed E-state index contributed by atoms with van der Waals surface area (Å²) in [5, 5.41) is 10.9. The summed E-state index contributed by atoms with van der Waals surface area (Å²) < 4.78 is 10.4. The maximum Gasteiger partial charge on any atom is 0.161 e. The average Bonchev–Trinajstić information content (AvgIpc) is 2.34. The van der Waals surface area contributed by atoms with Gasteiger partial charge < -0.3 is 19.9 Å². The SMILES string of the molecule is COc1ccc([C@H](C)[NH2+]CCO)cc1OC. The summed E-state index contributed by atoms with van der Waals surface area (Å²) >= 11 is 0. The van der Waals surface area contributed by atoms with Crippen molar-refractivity contribution in [3.63, 3.8) is 0 Å². The summed E-state index contributed by atoms with van der Waals surface area (Å²) in [7, 11) is 3.25. The molecule has 0 heterocycles. The van der Waals surface area contributed by atoms with Crippen molar-refractivity contribution in [3.8, 4) is 11.5 Å². The first kappa shape index (κ1) is 12.8. The molecule has 0 saturated heterocycles. The van der Waals surface area contributed by atoms with Gasteiger partial charge in [-0.3, -0.25) is 0 Å². The van der Waals surface area contributed by atoms with Gasteiger partial charge in [0, 0.05) is 5.56 Å². The number of aliphatic hydroxyl groups is 1. The molecule has 4 heteroatoms. The second kappa shape index (κ2) is 6.35. The van der Waals surface area contributed by atoms with E-state index in [0.29, 0.717) is 12.6 Å². The normalized spacial score (nSPS) is 12.2. The summed E-state index contributed by atoms with van der Waals surface area (Å²) in [6, 6.07) is 6.18. The van der Waals surface area contributed by atoms with Crippen molar-refractivity contribution in [2.24, 2.45) is 0 Å². The van der Waals surface area contributed by atoms with Crippen molar-refractivity contribution in [2.45, 2.75) is 13.0 Å². The van der Waals surface area contributed by atoms with Gasteiger partial charge >= 0.3 is 0 Å². The van der Waals surface area contributed by atoms with Crippen molar-refractivity contribution in [1.82, 2.24) is 0 Å². The molecular weight excluding hydrogens is 206 g/mol. The number of rotatable bonds is 6. The first-order chi connectivity index (χ1) is 7.72. The predicted molar refractivity (Wildman–Crippen MR) is 61.8 cm³/mol. The third kappa shape index (κ3) is 3.12. The molecule has 0 amide bonds. The average molecular weight is 226 g/mol. The zero-order chi connectivity index (χ0) is 12.0. The van der Waals surface area contributed by atoms with E-state index < -0.39 is 0 Å². The first-order valence-corrected chi connectivity index (χ1v) is 5.39. The number of aliphatic hydroxyl groups excluding tert-OH is 1. The molecule has 1 aromatic rings. The smallest absolute Gasteiger partial charge is 0.161 e. The minimum atomic E-state index is 0.192. The lowest BCUT2D eigenvalue weighted by Crippen LogP contribution is -2.85. The Labute approximate surface area is 96.2 Å². The van der Waals surface area contributed by atoms with Crippen LogP contribution in [0.25, 0.3) is 0 Å². The molecule has 0 unspecified atom stereocenters. The lowest BCUT2D eigenvalue weighted by atomic mass is 10.1. The Bertz CT molecular complexity index is 328. The molecule has 90 valence electrons. The topological polar surface area (TPSA) is 55.3 Å². The van der Waals surface area contributed by atoms with Gasteiger partial charge in [-0.05, 0) is 25.1 Å². The lowest BCUT2D eigenvalue weighted by molar-refractivity contribution is -0.693. The molecule has 0 radical (unpaired) electrons. The van der Waals surface area contributed by atoms with Crippen molar-refractivity contribution < 1.29 is 19.9 Å². The number of benzene rings is 1. The van der Waals surface area contributed by atoms with Gasteiger partial charge in [0.05, 0.1) is 27.4 Å². The number of ether oxygens (including phenoxy) is 2. The number of methoxy groups -OCH3 is 2. The molecule has 1 atom stereocenters. The van der Waals surface area contributed by atoms with Crippen molar-refractivity contribution in [1.29, 1.82) is 0 Å². The highest BCUT2D eigenvalue weighted by molar-refractivity contribution is 5.43. The van der Waals surface area contributed by atoms with Crippen molar-refractivity contribution in [3.05, 3.63) is 23.8 Å². The Morgan fingerprint density at radius 1 is 1.25 bits per heavy atom. The highest BCUT2D eigenvalue weighted by Crippen LogP contribution is 2.28. The minimum absolute atomic E-state index is 0.192. The van der Waals surface area contributed by atoms with E-state index in [1.165, 1.54) is 0 Å². The fraction of sp³-hybridized carbons (Fsp3) is 0.500. The maximum absolute atomic E-state index is 8.77. The van der Waals surface area contributed by atoms with Gasteiger partial charge in [0.15, 0.2) is 11.5 Å². The minimum Gasteiger partial charge on any atom is -0.493 e. The van der Waals surface area contributed by atoms with Crippen LogP contribution in [0.5, 0.6) is 11.5 Å². The Hall–Kier alpha value is -1.26. The van der Waals surface area contributed by atoms with E-state index in [2.05, 4.69) is 12.2 Å². The van der Waals surface area contributed by atoms with Crippen LogP contribution in [-0.4, -0.2) is 32.5 Å². The number of hydrogen-bond acceptors (Lipinski definition) is 3. The molecule has 0 aromatic heterocycles. The van der Waals surface area contributed by atoms with Crippen LogP contribution in [-0.2, 0) is 0 Å². The Kier molecular flexibility index (Phi) is 5.08. The standard InChI is InChI=1S/C12H19NO3/c1-9(13-6-7-14)10-4-5-11(15-2)12(8-10)16-3/h4-5,8-9,13-14H,6-7H2,1-3H3/p+1/t9-/m0/s1. The first-order valence-electron chi connectivity index (χ1n) is 5.39. The highest BCUT2D eigenvalue weighted by atomic mass is 16.5. The number of hydrogen-bond donors (Lipinski definition) is 2. The Balaban J connectivity index is 2.81. The van der Waals surface area contributed by atoms with Crippen LogP contribution >= 0.6 is 0 Å². The summed E-state index contributed by atoms with van der Waals surface area (Å²) in [5.41, 5.74) is 1.16. The van der Waals surface area contributed by atoms with E-state index in [4.69, 9.17) is 14.6 Å². The predicted octanol–water partition coefficient (Wildman–Crippen LogP) is 0.321. The molecule has 1 rings (SSSR count). The molecule has 4 nitrogen and oxygen atoms in total. The van der Waals surface area contributed by atoms with Crippen LogP contribution in [0.4, 0.5) is 0 Å². The Morgan fingerprint density at radius 3 is 2.50 bits per heavy atom. The molecule has 0 aliphatic carbocycles. The third-order valence-electron chi connectivity index (χ3n) is 2.58. The molecule has 3 N–H and O–H groups in total. The quantitative estimate of drug-likeness (QED) is 0.734. The van der Waals surface area contributed by atoms with Gasteiger partial charge in [0.1, 0.15) is 6.04 Å². The second-order valence-electron chi connectivity index (χ2n) is 3.65. The van der Waals surface area contributed by atoms with E-state index in [1.807, 2.05) is 18.2 Å². The van der Waals surface area contributed by atoms with E-state index >= 15 is 0 Å². The molecule has 1 aromatic carbocycles. The fourth-order valence-corrected chi connectivity index (χ4v) is 1.60. The van der Waals surface area contributed by atoms with Crippen LogP contribution in [0, 0.1) is 0 Å². The van der Waals surface area contributed by atoms with Gasteiger partial charge in [-0.15, -0.1) is 0 Å². The summed E-state index contributed by atoms with van der Waals surface area (Å²) in [5.74, 6) is 1.48. The zero-order valence-corrected chi connectivity index (χ0v) is 10.1. The molecule has 16 heavy (non-hydrogen) atoms. The largest absolute Gasteiger partial charge is 0.493 e. The van der Waals surface area contributed by atoms with E-state index in [1.54, 1.807) is 14.2 Å². The Morgan fingerprint density at radius 2 is 1.94 bits per heavy atom. The van der Waals surface area contributed by atoms with Crippen LogP contribution in [0.15, 0.2) is 18.2 Å². The van der Waals surface area contributed by atoms with Gasteiger partial charge in [0.2, 0.25) is 0 Å².